The van der Waals surface area contributed by atoms with E-state index in [0.717, 1.165) is 69.1 Å². The predicted molar refractivity (Wildman–Crippen MR) is 457 cm³/mol. The van der Waals surface area contributed by atoms with Gasteiger partial charge in [0, 0.05) is 88.6 Å². The number of carbonyl (C=O) groups is 14. The van der Waals surface area contributed by atoms with E-state index in [1.54, 1.807) is 86.9 Å². The van der Waals surface area contributed by atoms with Gasteiger partial charge in [0.05, 0.1) is 59.2 Å². The molecule has 4 aliphatic heterocycles. The summed E-state index contributed by atoms with van der Waals surface area (Å²) in [7, 11) is 5.00. The minimum Gasteiger partial charge on any atom is -0.481 e. The number of ether oxygens (including phenoxy) is 7. The number of likely N-dealkylation sites (tertiary alicyclic amines) is 1. The van der Waals surface area contributed by atoms with Gasteiger partial charge >= 0.3 is 60.1 Å². The lowest BCUT2D eigenvalue weighted by Gasteiger charge is -2.42. The summed E-state index contributed by atoms with van der Waals surface area (Å²) in [5.74, 6) is -5.61. The fourth-order valence-electron chi connectivity index (χ4n) is 16.5. The molecule has 6 amide bonds. The molecule has 35 heteroatoms. The van der Waals surface area contributed by atoms with Crippen molar-refractivity contribution in [3.63, 3.8) is 0 Å². The van der Waals surface area contributed by atoms with Gasteiger partial charge in [-0.15, -0.1) is 0 Å². The summed E-state index contributed by atoms with van der Waals surface area (Å²) in [6, 6.07) is 58.5. The molecule has 14 unspecified atom stereocenters. The van der Waals surface area contributed by atoms with Gasteiger partial charge in [-0.05, 0) is 229 Å². The van der Waals surface area contributed by atoms with Crippen LogP contribution in [-0.4, -0.2) is 168 Å². The van der Waals surface area contributed by atoms with E-state index in [-0.39, 0.29) is 85.8 Å². The third-order valence-electron chi connectivity index (χ3n) is 22.7. The number of nitrogens with two attached hydrogens (primary N) is 2. The first-order valence-electron chi connectivity index (χ1n) is 40.6. The van der Waals surface area contributed by atoms with E-state index in [1.807, 2.05) is 159 Å². The van der Waals surface area contributed by atoms with Crippen LogP contribution in [0.3, 0.4) is 0 Å². The second-order valence-electron chi connectivity index (χ2n) is 31.6. The van der Waals surface area contributed by atoms with Crippen molar-refractivity contribution in [1.29, 1.82) is 0 Å². The van der Waals surface area contributed by atoms with Crippen LogP contribution in [0.25, 0.3) is 0 Å². The molecule has 8 fully saturated rings. The maximum Gasteiger partial charge on any atom is 0.373 e. The summed E-state index contributed by atoms with van der Waals surface area (Å²) in [6.07, 6.45) is 3.88. The number of rotatable bonds is 19. The molecule has 674 valence electrons. The second kappa shape index (κ2) is 45.4. The van der Waals surface area contributed by atoms with Gasteiger partial charge in [-0.3, -0.25) is 67.1 Å². The Morgan fingerprint density at radius 3 is 1.02 bits per heavy atom. The number of piperidine rings is 2. The van der Waals surface area contributed by atoms with Gasteiger partial charge < -0.3 is 85.1 Å². The van der Waals surface area contributed by atoms with Crippen LogP contribution in [0.1, 0.15) is 69.1 Å². The molecule has 4 saturated heterocycles. The molecule has 0 aromatic heterocycles. The molecular formula is C94H96N8O27. The second-order valence-corrected chi connectivity index (χ2v) is 31.6. The number of aryl methyl sites for hydroxylation is 3. The highest BCUT2D eigenvalue weighted by Gasteiger charge is 2.65. The van der Waals surface area contributed by atoms with Crippen LogP contribution in [0.2, 0.25) is 0 Å². The number of nitrogens with one attached hydrogen (secondary N) is 2. The monoisotopic (exact) mass is 1770 g/mol. The summed E-state index contributed by atoms with van der Waals surface area (Å²) >= 11 is 0. The van der Waals surface area contributed by atoms with E-state index in [0.29, 0.717) is 54.7 Å². The third kappa shape index (κ3) is 26.3. The van der Waals surface area contributed by atoms with Gasteiger partial charge in [-0.2, -0.15) is 19.2 Å². The number of hydrogen-bond donors (Lipinski definition) is 6. The quantitative estimate of drug-likeness (QED) is 0.0144. The molecule has 129 heavy (non-hydrogen) atoms. The van der Waals surface area contributed by atoms with E-state index in [4.69, 9.17) is 49.6 Å². The van der Waals surface area contributed by atoms with Crippen LogP contribution in [0.5, 0.6) is 46.0 Å². The summed E-state index contributed by atoms with van der Waals surface area (Å²) in [5, 5.41) is 24.2. The number of aliphatic carboxylic acids is 2. The standard InChI is InChI=1S/C23H24N2O3.2C22H24N2O5.C12H12N2O.C9H6O6.C4H6O3.2CO2/c1-14-3-7-18(8-4-14)28-19-9-5-17(6-10-19)25-13-16-11-15-12-24(2)22(26)20(16)21(15)23(25)27;2*1-14-3-7-17(8-4-14)29-18-9-5-16(6-10-18)23-21(26)19-11-15(22(27)28)12-20(19)24(2)13-25;13-9-1-5-11(6-2-9)15-12-7-3-10(14)4-8-12;10-6-2-1-3-5(9(13)14-6)4(2)8(12)15-7(3)11;1-3(5)7-4(2)6;2*2-1-3/h3-10,15-16,20-21H,11-13H2,1-2H3;2*3-10,13,15,19-20H,11-12H2,1-2H3,(H,23,26)(H,27,28);1-8H,13-14H2;2-5H,1H2;1-2H3;;. The van der Waals surface area contributed by atoms with Gasteiger partial charge in [-0.1, -0.05) is 53.1 Å². The fraction of sp³-hybridized carbons (Fsp3) is 0.319. The fourth-order valence-corrected chi connectivity index (χ4v) is 16.5. The first-order valence-corrected chi connectivity index (χ1v) is 40.6. The minimum absolute atomic E-state index is 0.109. The predicted octanol–water partition coefficient (Wildman–Crippen LogP) is 10.7. The molecule has 8 aliphatic rings. The zero-order valence-corrected chi connectivity index (χ0v) is 71.4. The number of benzene rings is 8. The van der Waals surface area contributed by atoms with Crippen molar-refractivity contribution in [1.82, 2.24) is 14.7 Å². The van der Waals surface area contributed by atoms with Gasteiger partial charge in [-0.25, -0.2) is 0 Å². The van der Waals surface area contributed by atoms with Crippen molar-refractivity contribution >= 4 is 125 Å². The van der Waals surface area contributed by atoms with Crippen LogP contribution in [0.4, 0.5) is 28.4 Å². The topological polar surface area (TPSA) is 501 Å². The van der Waals surface area contributed by atoms with Crippen LogP contribution in [0, 0.1) is 91.8 Å². The summed E-state index contributed by atoms with van der Waals surface area (Å²) in [5.41, 5.74) is 18.1. The number of nitrogen functional groups attached to an aromatic ring is 2. The average molecular weight is 1770 g/mol. The molecule has 8 aromatic rings. The third-order valence-corrected chi connectivity index (χ3v) is 22.7. The van der Waals surface area contributed by atoms with Gasteiger partial charge in [0.25, 0.3) is 0 Å². The Morgan fingerprint density at radius 1 is 0.419 bits per heavy atom. The Hall–Kier alpha value is -15.5. The number of esters is 6. The molecule has 14 atom stereocenters. The van der Waals surface area contributed by atoms with Crippen LogP contribution in [0.15, 0.2) is 194 Å². The molecule has 4 aliphatic carbocycles. The maximum atomic E-state index is 13.2. The van der Waals surface area contributed by atoms with Crippen LogP contribution >= 0.6 is 0 Å². The largest absolute Gasteiger partial charge is 0.481 e. The van der Waals surface area contributed by atoms with E-state index < -0.39 is 107 Å². The first kappa shape index (κ1) is 97.3. The SMILES string of the molecule is CC(=O)OC(C)=O.Cc1ccc(Oc2ccc(N3CC4CC5CN(C)C(=O)C4C5C3=O)cc2)cc1.Cc1ccc(Oc2ccc(NC(=O)C3CC(C(=O)O)CC3N(C)C=O)cc2)cc1.Cc1ccc(Oc2ccc(NC(=O)C3CC(C(=O)O)CC3N(C)C=O)cc2)cc1.Nc1ccc(Oc2ccc(N)cc2)cc1.O=C1OC(=O)C2C3CC1C2C(=O)OC3=O.O=C=O.O=C=O. The van der Waals surface area contributed by atoms with Gasteiger partial charge in [0.15, 0.2) is 0 Å². The first-order chi connectivity index (χ1) is 61.5. The Balaban J connectivity index is 0.000000179. The molecule has 4 saturated carbocycles. The zero-order chi connectivity index (χ0) is 94.0. The highest BCUT2D eigenvalue weighted by Crippen LogP contribution is 2.52. The number of nitrogens with zero attached hydrogens (tertiary/aromatic N) is 4. The molecule has 0 radical (unpaired) electrons. The normalized spacial score (nSPS) is 22.2. The van der Waals surface area contributed by atoms with Crippen molar-refractivity contribution in [2.45, 2.75) is 85.2 Å². The van der Waals surface area contributed by atoms with Crippen molar-refractivity contribution < 1.29 is 130 Å². The van der Waals surface area contributed by atoms with Gasteiger partial charge in [0.1, 0.15) is 46.0 Å². The van der Waals surface area contributed by atoms with Crippen LogP contribution in [-0.2, 0) is 101 Å². The maximum absolute atomic E-state index is 13.2. The lowest BCUT2D eigenvalue weighted by Crippen LogP contribution is -2.56. The molecular weight excluding hydrogens is 1670 g/mol. The highest BCUT2D eigenvalue weighted by atomic mass is 16.6. The molecule has 35 nitrogen and oxygen atoms in total. The van der Waals surface area contributed by atoms with E-state index in [1.165, 1.54) is 29.2 Å². The number of cyclic esters (lactones) is 4. The molecule has 16 rings (SSSR count). The number of hydrogen-bond acceptors (Lipinski definition) is 27. The van der Waals surface area contributed by atoms with Gasteiger partial charge in [0.2, 0.25) is 36.4 Å². The number of carboxylic acids is 2. The zero-order valence-electron chi connectivity index (χ0n) is 71.4. The van der Waals surface area contributed by atoms with E-state index >= 15 is 0 Å². The Bertz CT molecular complexity index is 5160. The van der Waals surface area contributed by atoms with Crippen molar-refractivity contribution in [2.24, 2.45) is 71.0 Å². The average Bonchev–Trinajstić information content (AvgIpc) is 1.59. The van der Waals surface area contributed by atoms with Crippen molar-refractivity contribution in [2.75, 3.05) is 61.2 Å². The Kier molecular flexibility index (Phi) is 34.3. The van der Waals surface area contributed by atoms with Crippen molar-refractivity contribution in [3.8, 4) is 46.0 Å². The minimum atomic E-state index is -0.942. The molecule has 0 spiro atoms. The number of carbonyl (C=O) groups excluding carboxylic acids is 16. The highest BCUT2D eigenvalue weighted by molar-refractivity contribution is 6.06. The Labute approximate surface area is 740 Å². The number of amides is 6. The smallest absolute Gasteiger partial charge is 0.373 e. The lowest BCUT2D eigenvalue weighted by atomic mass is 9.79. The van der Waals surface area contributed by atoms with E-state index in [9.17, 15) is 77.3 Å². The summed E-state index contributed by atoms with van der Waals surface area (Å²) in [4.78, 5) is 200. The Morgan fingerprint density at radius 2 is 0.713 bits per heavy atom. The molecule has 4 heterocycles. The number of anilines is 5. The number of carboxylic acid groups (broad SMARTS) is 2. The summed E-state index contributed by atoms with van der Waals surface area (Å²) in [6.45, 7) is 9.75. The lowest BCUT2D eigenvalue weighted by molar-refractivity contribution is -0.193. The molecule has 8 bridgehead atoms. The van der Waals surface area contributed by atoms with E-state index in [2.05, 4.69) is 24.8 Å². The molecule has 8 aromatic carbocycles. The van der Waals surface area contributed by atoms with Crippen molar-refractivity contribution in [3.05, 3.63) is 211 Å². The summed E-state index contributed by atoms with van der Waals surface area (Å²) < 4.78 is 35.9. The van der Waals surface area contributed by atoms with Crippen LogP contribution < -0.4 is 45.9 Å². The molecule has 8 N–H and O–H groups in total.